The molecule has 0 atom stereocenters. The summed E-state index contributed by atoms with van der Waals surface area (Å²) >= 11 is 0. The molecule has 2 aromatic carbocycles. The van der Waals surface area contributed by atoms with E-state index in [2.05, 4.69) is 54.2 Å². The van der Waals surface area contributed by atoms with E-state index in [0.29, 0.717) is 5.56 Å². The summed E-state index contributed by atoms with van der Waals surface area (Å²) in [6.45, 7) is 4.64. The van der Waals surface area contributed by atoms with Crippen LogP contribution in [0.4, 0.5) is 0 Å². The van der Waals surface area contributed by atoms with Crippen molar-refractivity contribution in [2.75, 3.05) is 0 Å². The van der Waals surface area contributed by atoms with Crippen molar-refractivity contribution in [3.8, 4) is 11.1 Å². The highest BCUT2D eigenvalue weighted by molar-refractivity contribution is 6.35. The summed E-state index contributed by atoms with van der Waals surface area (Å²) < 4.78 is 0. The van der Waals surface area contributed by atoms with Gasteiger partial charge in [0.05, 0.1) is 0 Å². The number of fused-ring (bicyclic) bond motifs is 3. The van der Waals surface area contributed by atoms with E-state index in [1.165, 1.54) is 22.3 Å². The van der Waals surface area contributed by atoms with Gasteiger partial charge in [-0.1, -0.05) is 81.1 Å². The third kappa shape index (κ3) is 3.64. The van der Waals surface area contributed by atoms with Crippen LogP contribution in [-0.4, -0.2) is 18.5 Å². The highest BCUT2D eigenvalue weighted by Crippen LogP contribution is 2.54. The molecule has 3 rings (SSSR count). The molecule has 0 heterocycles. The molecule has 2 aromatic rings. The molecule has 0 fully saturated rings. The molecule has 0 aliphatic heterocycles. The summed E-state index contributed by atoms with van der Waals surface area (Å²) in [6.07, 6.45) is 7.77. The quantitative estimate of drug-likeness (QED) is 0.176. The van der Waals surface area contributed by atoms with Gasteiger partial charge in [0.25, 0.3) is 0 Å². The van der Waals surface area contributed by atoms with Crippen molar-refractivity contribution < 1.29 is 14.4 Å². The second-order valence-electron chi connectivity index (χ2n) is 7.40. The Morgan fingerprint density at radius 1 is 1.00 bits per heavy atom. The minimum atomic E-state index is -0.263. The summed E-state index contributed by atoms with van der Waals surface area (Å²) in [7, 11) is 0. The number of carbonyl (C=O) groups excluding carboxylic acids is 2. The molecular weight excluding hydrogens is 350 g/mol. The molecule has 0 unspecified atom stereocenters. The number of nitrogens with zero attached hydrogens (tertiary/aromatic N) is 1. The first-order chi connectivity index (χ1) is 13.7. The highest BCUT2D eigenvalue weighted by Gasteiger charge is 2.42. The Morgan fingerprint density at radius 2 is 1.68 bits per heavy atom. The number of unbranched alkanes of at least 4 members (excludes halogenated alkanes) is 2. The molecule has 28 heavy (non-hydrogen) atoms. The fourth-order valence-corrected chi connectivity index (χ4v) is 4.41. The number of benzene rings is 2. The molecule has 4 heteroatoms. The molecule has 0 radical (unpaired) electrons. The van der Waals surface area contributed by atoms with Gasteiger partial charge in [0.1, 0.15) is 6.21 Å². The lowest BCUT2D eigenvalue weighted by Gasteiger charge is -2.32. The van der Waals surface area contributed by atoms with Crippen molar-refractivity contribution in [2.24, 2.45) is 5.16 Å². The van der Waals surface area contributed by atoms with Crippen molar-refractivity contribution >= 4 is 18.5 Å². The lowest BCUT2D eigenvalue weighted by atomic mass is 9.70. The van der Waals surface area contributed by atoms with Crippen molar-refractivity contribution in [3.05, 3.63) is 59.2 Å². The van der Waals surface area contributed by atoms with Crippen molar-refractivity contribution in [1.29, 1.82) is 0 Å². The molecule has 0 aromatic heterocycles. The van der Waals surface area contributed by atoms with Crippen LogP contribution in [-0.2, 0) is 15.0 Å². The fraction of sp³-hybridized carbons (Fsp3) is 0.375. The first-order valence-corrected chi connectivity index (χ1v) is 10.1. The molecule has 1 aliphatic carbocycles. The van der Waals surface area contributed by atoms with E-state index in [9.17, 15) is 9.59 Å². The van der Waals surface area contributed by atoms with Gasteiger partial charge >= 0.3 is 6.47 Å². The molecule has 1 aliphatic rings. The van der Waals surface area contributed by atoms with Gasteiger partial charge in [-0.3, -0.25) is 9.59 Å². The van der Waals surface area contributed by atoms with Crippen molar-refractivity contribution in [1.82, 2.24) is 0 Å². The standard InChI is InChI=1S/C24H27NO3/c1-3-5-13-24(14-6-4-2)21-10-8-7-9-19(21)20-12-11-18(15-22(20)24)23(27)16-25-28-17-26/h7-12,15-17H,3-6,13-14H2,1-2H3/b25-16+. The topological polar surface area (TPSA) is 55.7 Å². The molecule has 0 bridgehead atoms. The summed E-state index contributed by atoms with van der Waals surface area (Å²) in [5.41, 5.74) is 5.65. The van der Waals surface area contributed by atoms with Crippen LogP contribution in [0.1, 0.15) is 73.9 Å². The fourth-order valence-electron chi connectivity index (χ4n) is 4.41. The van der Waals surface area contributed by atoms with Crippen LogP contribution in [0.5, 0.6) is 0 Å². The maximum absolute atomic E-state index is 12.5. The van der Waals surface area contributed by atoms with Gasteiger partial charge in [-0.05, 0) is 41.2 Å². The van der Waals surface area contributed by atoms with E-state index in [0.717, 1.165) is 44.7 Å². The Morgan fingerprint density at radius 3 is 2.36 bits per heavy atom. The Kier molecular flexibility index (Phi) is 6.40. The smallest absolute Gasteiger partial charge is 0.322 e. The molecule has 146 valence electrons. The van der Waals surface area contributed by atoms with Gasteiger partial charge in [-0.2, -0.15) is 0 Å². The maximum atomic E-state index is 12.5. The zero-order valence-corrected chi connectivity index (χ0v) is 16.6. The minimum Gasteiger partial charge on any atom is -0.322 e. The number of Topliss-reactive ketones (excluding diaryl/α,β-unsaturated/α-hetero) is 1. The number of ketones is 1. The highest BCUT2D eigenvalue weighted by atomic mass is 16.7. The van der Waals surface area contributed by atoms with Gasteiger partial charge in [0.2, 0.25) is 5.78 Å². The number of hydrogen-bond acceptors (Lipinski definition) is 4. The van der Waals surface area contributed by atoms with E-state index in [1.807, 2.05) is 12.1 Å². The lowest BCUT2D eigenvalue weighted by molar-refractivity contribution is -0.128. The number of hydrogen-bond donors (Lipinski definition) is 0. The van der Waals surface area contributed by atoms with Crippen LogP contribution < -0.4 is 0 Å². The van der Waals surface area contributed by atoms with Gasteiger partial charge < -0.3 is 4.84 Å². The second-order valence-corrected chi connectivity index (χ2v) is 7.40. The maximum Gasteiger partial charge on any atom is 0.323 e. The van der Waals surface area contributed by atoms with Gasteiger partial charge in [-0.25, -0.2) is 0 Å². The predicted molar refractivity (Wildman–Crippen MR) is 112 cm³/mol. The van der Waals surface area contributed by atoms with E-state index in [-0.39, 0.29) is 17.7 Å². The van der Waals surface area contributed by atoms with E-state index < -0.39 is 0 Å². The van der Waals surface area contributed by atoms with Crippen LogP contribution in [0.15, 0.2) is 47.6 Å². The summed E-state index contributed by atoms with van der Waals surface area (Å²) in [4.78, 5) is 27.0. The first-order valence-electron chi connectivity index (χ1n) is 10.1. The van der Waals surface area contributed by atoms with E-state index in [4.69, 9.17) is 0 Å². The third-order valence-corrected chi connectivity index (χ3v) is 5.74. The Hall–Kier alpha value is -2.75. The molecule has 0 saturated carbocycles. The molecule has 0 saturated heterocycles. The first kappa shape index (κ1) is 20.0. The van der Waals surface area contributed by atoms with Crippen molar-refractivity contribution in [2.45, 2.75) is 57.8 Å². The monoisotopic (exact) mass is 377 g/mol. The van der Waals surface area contributed by atoms with E-state index >= 15 is 0 Å². The Balaban J connectivity index is 2.11. The van der Waals surface area contributed by atoms with Crippen LogP contribution in [0.2, 0.25) is 0 Å². The normalized spacial score (nSPS) is 13.9. The predicted octanol–water partition coefficient (Wildman–Crippen LogP) is 5.68. The second kappa shape index (κ2) is 8.96. The molecule has 0 spiro atoms. The lowest BCUT2D eigenvalue weighted by Crippen LogP contribution is -2.25. The molecule has 0 amide bonds. The molecule has 4 nitrogen and oxygen atoms in total. The zero-order valence-electron chi connectivity index (χ0n) is 16.6. The molecular formula is C24H27NO3. The summed E-state index contributed by atoms with van der Waals surface area (Å²) in [5.74, 6) is -0.263. The van der Waals surface area contributed by atoms with Gasteiger partial charge in [0.15, 0.2) is 0 Å². The van der Waals surface area contributed by atoms with Gasteiger partial charge in [-0.15, -0.1) is 0 Å². The Labute approximate surface area is 166 Å². The number of carbonyl (C=O) groups is 2. The van der Waals surface area contributed by atoms with Crippen LogP contribution in [0, 0.1) is 0 Å². The van der Waals surface area contributed by atoms with Crippen molar-refractivity contribution in [3.63, 3.8) is 0 Å². The van der Waals surface area contributed by atoms with Crippen LogP contribution in [0.25, 0.3) is 11.1 Å². The number of oxime groups is 1. The Bertz CT molecular complexity index is 877. The third-order valence-electron chi connectivity index (χ3n) is 5.74. The summed E-state index contributed by atoms with van der Waals surface area (Å²) in [5, 5.41) is 3.39. The average molecular weight is 377 g/mol. The largest absolute Gasteiger partial charge is 0.323 e. The molecule has 0 N–H and O–H groups in total. The van der Waals surface area contributed by atoms with E-state index in [1.54, 1.807) is 0 Å². The zero-order chi connectivity index (χ0) is 20.0. The summed E-state index contributed by atoms with van der Waals surface area (Å²) in [6, 6.07) is 14.6. The van der Waals surface area contributed by atoms with Gasteiger partial charge in [0, 0.05) is 11.0 Å². The average Bonchev–Trinajstić information content (AvgIpc) is 3.00. The minimum absolute atomic E-state index is 0.0509. The van der Waals surface area contributed by atoms with Crippen LogP contribution in [0.3, 0.4) is 0 Å². The van der Waals surface area contributed by atoms with Crippen LogP contribution >= 0.6 is 0 Å². The SMILES string of the molecule is CCCCC1(CCCC)c2ccccc2-c2ccc(C(=O)/C=N/OC=O)cc21. The number of rotatable bonds is 10.